The summed E-state index contributed by atoms with van der Waals surface area (Å²) in [5.74, 6) is -0.763. The van der Waals surface area contributed by atoms with Gasteiger partial charge in [-0.2, -0.15) is 5.10 Å². The van der Waals surface area contributed by atoms with Gasteiger partial charge in [0.05, 0.1) is 5.69 Å². The van der Waals surface area contributed by atoms with Crippen LogP contribution in [0.15, 0.2) is 71.8 Å². The Morgan fingerprint density at radius 3 is 2.50 bits per heavy atom. The van der Waals surface area contributed by atoms with E-state index in [1.54, 1.807) is 12.3 Å². The third-order valence-electron chi connectivity index (χ3n) is 4.39. The molecule has 0 aliphatic carbocycles. The van der Waals surface area contributed by atoms with E-state index >= 15 is 0 Å². The molecule has 0 aliphatic heterocycles. The Labute approximate surface area is 159 Å². The van der Waals surface area contributed by atoms with Gasteiger partial charge in [-0.3, -0.25) is 9.59 Å². The first-order valence-electron chi connectivity index (χ1n) is 8.71. The lowest BCUT2D eigenvalue weighted by atomic mass is 10.1. The van der Waals surface area contributed by atoms with Crippen molar-refractivity contribution in [1.82, 2.24) is 14.2 Å². The molecule has 0 aliphatic rings. The first kappa shape index (κ1) is 17.7. The van der Waals surface area contributed by atoms with Gasteiger partial charge in [0.15, 0.2) is 0 Å². The van der Waals surface area contributed by atoms with E-state index in [9.17, 15) is 14.0 Å². The van der Waals surface area contributed by atoms with Crippen LogP contribution in [0.5, 0.6) is 0 Å². The number of carbonyl (C=O) groups is 1. The monoisotopic (exact) mass is 376 g/mol. The maximum atomic E-state index is 13.0. The average molecular weight is 376 g/mol. The molecule has 7 heteroatoms. The van der Waals surface area contributed by atoms with Gasteiger partial charge in [0.25, 0.3) is 5.56 Å². The van der Waals surface area contributed by atoms with E-state index in [-0.39, 0.29) is 23.8 Å². The molecule has 0 atom stereocenters. The number of anilines is 1. The topological polar surface area (TPSA) is 68.4 Å². The number of rotatable bonds is 4. The van der Waals surface area contributed by atoms with E-state index in [1.807, 2.05) is 31.2 Å². The molecule has 0 spiro atoms. The van der Waals surface area contributed by atoms with Crippen molar-refractivity contribution in [2.24, 2.45) is 0 Å². The Bertz CT molecular complexity index is 1210. The molecule has 2 heterocycles. The number of nitrogens with zero attached hydrogens (tertiary/aromatic N) is 3. The van der Waals surface area contributed by atoms with Crippen LogP contribution < -0.4 is 10.9 Å². The van der Waals surface area contributed by atoms with E-state index < -0.39 is 0 Å². The SMILES string of the molecule is Cc1ccc(-c2cc3c(=O)n(CC(=O)Nc4ccc(F)cc4)ccn3n2)cc1. The molecule has 4 aromatic rings. The van der Waals surface area contributed by atoms with Gasteiger partial charge in [-0.1, -0.05) is 29.8 Å². The van der Waals surface area contributed by atoms with Gasteiger partial charge >= 0.3 is 0 Å². The Morgan fingerprint density at radius 1 is 1.07 bits per heavy atom. The quantitative estimate of drug-likeness (QED) is 0.594. The molecule has 0 saturated carbocycles. The summed E-state index contributed by atoms with van der Waals surface area (Å²) in [6.45, 7) is 1.85. The second-order valence-electron chi connectivity index (χ2n) is 6.51. The second-order valence-corrected chi connectivity index (χ2v) is 6.51. The Hall–Kier alpha value is -3.74. The fourth-order valence-corrected chi connectivity index (χ4v) is 2.90. The van der Waals surface area contributed by atoms with Crippen molar-refractivity contribution in [2.75, 3.05) is 5.32 Å². The van der Waals surface area contributed by atoms with Gasteiger partial charge in [0.1, 0.15) is 17.9 Å². The van der Waals surface area contributed by atoms with Gasteiger partial charge in [-0.05, 0) is 37.3 Å². The van der Waals surface area contributed by atoms with Gasteiger partial charge in [0, 0.05) is 23.6 Å². The molecule has 6 nitrogen and oxygen atoms in total. The van der Waals surface area contributed by atoms with Crippen molar-refractivity contribution < 1.29 is 9.18 Å². The summed E-state index contributed by atoms with van der Waals surface area (Å²) < 4.78 is 15.8. The Balaban J connectivity index is 1.59. The molecule has 2 aromatic heterocycles. The van der Waals surface area contributed by atoms with Crippen LogP contribution in [-0.4, -0.2) is 20.1 Å². The number of hydrogen-bond acceptors (Lipinski definition) is 3. The molecule has 1 N–H and O–H groups in total. The van der Waals surface area contributed by atoms with Gasteiger partial charge < -0.3 is 9.88 Å². The number of hydrogen-bond donors (Lipinski definition) is 1. The molecule has 28 heavy (non-hydrogen) atoms. The molecular weight excluding hydrogens is 359 g/mol. The number of benzene rings is 2. The van der Waals surface area contributed by atoms with Crippen LogP contribution in [0.4, 0.5) is 10.1 Å². The third-order valence-corrected chi connectivity index (χ3v) is 4.39. The fourth-order valence-electron chi connectivity index (χ4n) is 2.90. The first-order chi connectivity index (χ1) is 13.5. The van der Waals surface area contributed by atoms with Gasteiger partial charge in [-0.15, -0.1) is 0 Å². The lowest BCUT2D eigenvalue weighted by Crippen LogP contribution is -2.28. The molecular formula is C21H17FN4O2. The third kappa shape index (κ3) is 3.55. The van der Waals surface area contributed by atoms with Crippen molar-refractivity contribution in [1.29, 1.82) is 0 Å². The van der Waals surface area contributed by atoms with Crippen molar-refractivity contribution in [3.63, 3.8) is 0 Å². The maximum absolute atomic E-state index is 13.0. The van der Waals surface area contributed by atoms with Crippen molar-refractivity contribution in [2.45, 2.75) is 13.5 Å². The zero-order chi connectivity index (χ0) is 19.7. The summed E-state index contributed by atoms with van der Waals surface area (Å²) in [6.07, 6.45) is 3.16. The number of fused-ring (bicyclic) bond motifs is 1. The van der Waals surface area contributed by atoms with Crippen LogP contribution in [0.25, 0.3) is 16.8 Å². The number of nitrogens with one attached hydrogen (secondary N) is 1. The molecule has 4 rings (SSSR count). The zero-order valence-electron chi connectivity index (χ0n) is 15.1. The van der Waals surface area contributed by atoms with Crippen molar-refractivity contribution >= 4 is 17.1 Å². The highest BCUT2D eigenvalue weighted by molar-refractivity contribution is 5.90. The van der Waals surface area contributed by atoms with Crippen LogP contribution in [0, 0.1) is 12.7 Å². The van der Waals surface area contributed by atoms with Crippen molar-refractivity contribution in [3.05, 3.63) is 88.7 Å². The van der Waals surface area contributed by atoms with E-state index in [0.717, 1.165) is 11.1 Å². The van der Waals surface area contributed by atoms with Crippen LogP contribution in [-0.2, 0) is 11.3 Å². The minimum absolute atomic E-state index is 0.155. The lowest BCUT2D eigenvalue weighted by Gasteiger charge is -2.07. The molecule has 1 amide bonds. The van der Waals surface area contributed by atoms with E-state index in [0.29, 0.717) is 16.9 Å². The number of halogens is 1. The standard InChI is InChI=1S/C21H17FN4O2/c1-14-2-4-15(5-3-14)18-12-19-21(28)25(10-11-26(19)24-18)13-20(27)23-17-8-6-16(22)7-9-17/h2-12H,13H2,1H3,(H,23,27). The summed E-state index contributed by atoms with van der Waals surface area (Å²) in [6, 6.07) is 15.0. The summed E-state index contributed by atoms with van der Waals surface area (Å²) in [5, 5.41) is 7.08. The number of aryl methyl sites for hydroxylation is 1. The minimum atomic E-state index is -0.384. The smallest absolute Gasteiger partial charge is 0.277 e. The molecule has 0 unspecified atom stereocenters. The summed E-state index contributed by atoms with van der Waals surface area (Å²) in [7, 11) is 0. The average Bonchev–Trinajstić information content (AvgIpc) is 3.12. The van der Waals surface area contributed by atoms with E-state index in [4.69, 9.17) is 0 Å². The van der Waals surface area contributed by atoms with Crippen LogP contribution >= 0.6 is 0 Å². The van der Waals surface area contributed by atoms with Crippen LogP contribution in [0.2, 0.25) is 0 Å². The normalized spacial score (nSPS) is 10.9. The van der Waals surface area contributed by atoms with Gasteiger partial charge in [-0.25, -0.2) is 8.91 Å². The van der Waals surface area contributed by atoms with E-state index in [2.05, 4.69) is 10.4 Å². The van der Waals surface area contributed by atoms with Crippen molar-refractivity contribution in [3.8, 4) is 11.3 Å². The molecule has 2 aromatic carbocycles. The number of carbonyl (C=O) groups excluding carboxylic acids is 1. The molecule has 0 saturated heterocycles. The molecule has 0 fully saturated rings. The molecule has 0 bridgehead atoms. The summed E-state index contributed by atoms with van der Waals surface area (Å²) >= 11 is 0. The summed E-state index contributed by atoms with van der Waals surface area (Å²) in [5.41, 5.74) is 3.27. The lowest BCUT2D eigenvalue weighted by molar-refractivity contribution is -0.116. The highest BCUT2D eigenvalue weighted by Gasteiger charge is 2.11. The molecule has 0 radical (unpaired) electrons. The maximum Gasteiger partial charge on any atom is 0.277 e. The highest BCUT2D eigenvalue weighted by Crippen LogP contribution is 2.19. The van der Waals surface area contributed by atoms with E-state index in [1.165, 1.54) is 39.5 Å². The molecule has 140 valence electrons. The fraction of sp³-hybridized carbons (Fsp3) is 0.0952. The Kier molecular flexibility index (Phi) is 4.49. The Morgan fingerprint density at radius 2 is 1.79 bits per heavy atom. The number of amides is 1. The first-order valence-corrected chi connectivity index (χ1v) is 8.71. The highest BCUT2D eigenvalue weighted by atomic mass is 19.1. The van der Waals surface area contributed by atoms with Crippen LogP contribution in [0.1, 0.15) is 5.56 Å². The van der Waals surface area contributed by atoms with Gasteiger partial charge in [0.2, 0.25) is 5.91 Å². The van der Waals surface area contributed by atoms with Crippen LogP contribution in [0.3, 0.4) is 0 Å². The predicted molar refractivity (Wildman–Crippen MR) is 105 cm³/mol. The second kappa shape index (κ2) is 7.11. The minimum Gasteiger partial charge on any atom is -0.325 e. The number of aromatic nitrogens is 3. The zero-order valence-corrected chi connectivity index (χ0v) is 15.1. The largest absolute Gasteiger partial charge is 0.325 e. The predicted octanol–water partition coefficient (Wildman–Crippen LogP) is 3.25. The summed E-state index contributed by atoms with van der Waals surface area (Å²) in [4.78, 5) is 25.0.